The maximum absolute atomic E-state index is 12.6. The number of likely N-dealkylation sites (N-methyl/N-ethyl adjacent to an activating group) is 1. The van der Waals surface area contributed by atoms with E-state index < -0.39 is 0 Å². The van der Waals surface area contributed by atoms with E-state index >= 15 is 0 Å². The Hall–Kier alpha value is -3.95. The molecule has 10 heteroatoms. The van der Waals surface area contributed by atoms with Crippen LogP contribution in [0.3, 0.4) is 0 Å². The third-order valence-corrected chi connectivity index (χ3v) is 6.79. The number of halogens is 1. The van der Waals surface area contributed by atoms with E-state index in [4.69, 9.17) is 21.1 Å². The number of pyridine rings is 1. The van der Waals surface area contributed by atoms with Crippen LogP contribution >= 0.6 is 11.6 Å². The molecule has 0 spiro atoms. The molecule has 1 fully saturated rings. The Balaban J connectivity index is 1.26. The molecule has 1 saturated heterocycles. The molecule has 5 rings (SSSR count). The molecule has 1 aliphatic heterocycles. The predicted octanol–water partition coefficient (Wildman–Crippen LogP) is 4.93. The standard InChI is InChI=1S/C29H31ClN6O3/c1-35(2)16-28(37)36-13-5-7-22(36)18-38-23-9-10-26-24(15-23)29(33-19-32-26)34-20-8-11-27(25(30)14-20)39-17-21-6-3-4-12-31-21/h3-4,6,8-12,14-15,19,22H,5,7,13,16-18H2,1-2H3,(H,32,33,34). The fraction of sp³-hybridized carbons (Fsp3) is 0.310. The van der Waals surface area contributed by atoms with Gasteiger partial charge >= 0.3 is 0 Å². The molecule has 202 valence electrons. The first kappa shape index (κ1) is 26.6. The Morgan fingerprint density at radius 2 is 2.00 bits per heavy atom. The van der Waals surface area contributed by atoms with Crippen LogP contribution in [0.25, 0.3) is 10.9 Å². The smallest absolute Gasteiger partial charge is 0.237 e. The van der Waals surface area contributed by atoms with Gasteiger partial charge in [0.25, 0.3) is 0 Å². The zero-order valence-electron chi connectivity index (χ0n) is 22.0. The zero-order valence-corrected chi connectivity index (χ0v) is 22.8. The summed E-state index contributed by atoms with van der Waals surface area (Å²) in [6.07, 6.45) is 5.17. The number of benzene rings is 2. The summed E-state index contributed by atoms with van der Waals surface area (Å²) in [4.78, 5) is 29.5. The van der Waals surface area contributed by atoms with Gasteiger partial charge < -0.3 is 24.6 Å². The van der Waals surface area contributed by atoms with Crippen molar-refractivity contribution in [2.24, 2.45) is 0 Å². The van der Waals surface area contributed by atoms with Crippen molar-refractivity contribution in [3.63, 3.8) is 0 Å². The topological polar surface area (TPSA) is 92.7 Å². The van der Waals surface area contributed by atoms with Gasteiger partial charge in [-0.1, -0.05) is 17.7 Å². The molecule has 0 bridgehead atoms. The van der Waals surface area contributed by atoms with E-state index in [1.807, 2.05) is 72.4 Å². The second-order valence-electron chi connectivity index (χ2n) is 9.71. The summed E-state index contributed by atoms with van der Waals surface area (Å²) in [5, 5.41) is 4.63. The van der Waals surface area contributed by atoms with Gasteiger partial charge in [-0.25, -0.2) is 9.97 Å². The van der Waals surface area contributed by atoms with Crippen LogP contribution in [-0.2, 0) is 11.4 Å². The summed E-state index contributed by atoms with van der Waals surface area (Å²) in [6.45, 7) is 1.95. The lowest BCUT2D eigenvalue weighted by atomic mass is 10.2. The van der Waals surface area contributed by atoms with Crippen LogP contribution in [0, 0.1) is 0 Å². The first-order chi connectivity index (χ1) is 19.0. The SMILES string of the molecule is CN(C)CC(=O)N1CCCC1COc1ccc2ncnc(Nc3ccc(OCc4ccccn4)c(Cl)c3)c2c1. The highest BCUT2D eigenvalue weighted by molar-refractivity contribution is 6.32. The Morgan fingerprint density at radius 1 is 1.10 bits per heavy atom. The van der Waals surface area contributed by atoms with Crippen LogP contribution in [0.15, 0.2) is 67.1 Å². The minimum Gasteiger partial charge on any atom is -0.491 e. The van der Waals surface area contributed by atoms with Gasteiger partial charge in [0, 0.05) is 23.8 Å². The third-order valence-electron chi connectivity index (χ3n) is 6.49. The van der Waals surface area contributed by atoms with Crippen molar-refractivity contribution in [2.75, 3.05) is 39.1 Å². The molecule has 3 heterocycles. The second kappa shape index (κ2) is 12.3. The number of aromatic nitrogens is 3. The first-order valence-corrected chi connectivity index (χ1v) is 13.2. The van der Waals surface area contributed by atoms with Crippen LogP contribution in [0.5, 0.6) is 11.5 Å². The number of hydrogen-bond donors (Lipinski definition) is 1. The lowest BCUT2D eigenvalue weighted by molar-refractivity contribution is -0.133. The molecular weight excluding hydrogens is 516 g/mol. The summed E-state index contributed by atoms with van der Waals surface area (Å²) >= 11 is 6.50. The molecule has 0 aliphatic carbocycles. The number of fused-ring (bicyclic) bond motifs is 1. The number of anilines is 2. The zero-order chi connectivity index (χ0) is 27.2. The van der Waals surface area contributed by atoms with E-state index in [1.165, 1.54) is 6.33 Å². The number of likely N-dealkylation sites (tertiary alicyclic amines) is 1. The molecule has 1 aliphatic rings. The highest BCUT2D eigenvalue weighted by Crippen LogP contribution is 2.32. The maximum Gasteiger partial charge on any atom is 0.237 e. The highest BCUT2D eigenvalue weighted by Gasteiger charge is 2.29. The van der Waals surface area contributed by atoms with Gasteiger partial charge in [0.2, 0.25) is 5.91 Å². The first-order valence-electron chi connectivity index (χ1n) is 12.9. The van der Waals surface area contributed by atoms with Crippen LogP contribution in [0.1, 0.15) is 18.5 Å². The summed E-state index contributed by atoms with van der Waals surface area (Å²) in [7, 11) is 3.81. The summed E-state index contributed by atoms with van der Waals surface area (Å²) < 4.78 is 12.0. The number of rotatable bonds is 10. The lowest BCUT2D eigenvalue weighted by Gasteiger charge is -2.26. The average Bonchev–Trinajstić information content (AvgIpc) is 3.41. The monoisotopic (exact) mass is 546 g/mol. The number of ether oxygens (including phenoxy) is 2. The van der Waals surface area contributed by atoms with Crippen molar-refractivity contribution in [3.8, 4) is 11.5 Å². The largest absolute Gasteiger partial charge is 0.491 e. The minimum atomic E-state index is 0.0679. The van der Waals surface area contributed by atoms with Crippen LogP contribution < -0.4 is 14.8 Å². The van der Waals surface area contributed by atoms with E-state index in [2.05, 4.69) is 20.3 Å². The average molecular weight is 547 g/mol. The van der Waals surface area contributed by atoms with Crippen molar-refractivity contribution < 1.29 is 14.3 Å². The van der Waals surface area contributed by atoms with Crippen molar-refractivity contribution in [2.45, 2.75) is 25.5 Å². The molecule has 39 heavy (non-hydrogen) atoms. The van der Waals surface area contributed by atoms with Crippen LogP contribution in [-0.4, -0.2) is 70.5 Å². The predicted molar refractivity (Wildman–Crippen MR) is 152 cm³/mol. The molecule has 2 aromatic heterocycles. The van der Waals surface area contributed by atoms with Gasteiger partial charge in [0.15, 0.2) is 0 Å². The number of nitrogens with zero attached hydrogens (tertiary/aromatic N) is 5. The molecule has 4 aromatic rings. The van der Waals surface area contributed by atoms with Crippen molar-refractivity contribution >= 4 is 39.9 Å². The lowest BCUT2D eigenvalue weighted by Crippen LogP contribution is -2.43. The van der Waals surface area contributed by atoms with Gasteiger partial charge in [0.05, 0.1) is 28.8 Å². The van der Waals surface area contributed by atoms with Crippen molar-refractivity contribution in [1.29, 1.82) is 0 Å². The van der Waals surface area contributed by atoms with E-state index in [0.29, 0.717) is 42.1 Å². The van der Waals surface area contributed by atoms with Gasteiger partial charge in [-0.15, -0.1) is 0 Å². The normalized spacial score (nSPS) is 15.1. The molecule has 2 aromatic carbocycles. The Labute approximate surface area is 232 Å². The Kier molecular flexibility index (Phi) is 8.39. The van der Waals surface area contributed by atoms with Gasteiger partial charge in [-0.3, -0.25) is 9.78 Å². The van der Waals surface area contributed by atoms with Crippen molar-refractivity contribution in [1.82, 2.24) is 24.8 Å². The molecule has 0 radical (unpaired) electrons. The highest BCUT2D eigenvalue weighted by atomic mass is 35.5. The molecule has 0 saturated carbocycles. The van der Waals surface area contributed by atoms with E-state index in [0.717, 1.165) is 41.7 Å². The number of amides is 1. The Morgan fingerprint density at radius 3 is 2.79 bits per heavy atom. The molecule has 9 nitrogen and oxygen atoms in total. The third kappa shape index (κ3) is 6.74. The van der Waals surface area contributed by atoms with Gasteiger partial charge in [0.1, 0.15) is 36.9 Å². The van der Waals surface area contributed by atoms with E-state index in [9.17, 15) is 4.79 Å². The van der Waals surface area contributed by atoms with Crippen LogP contribution in [0.4, 0.5) is 11.5 Å². The fourth-order valence-corrected chi connectivity index (χ4v) is 4.82. The number of nitrogens with one attached hydrogen (secondary N) is 1. The molecule has 1 atom stereocenters. The quantitative estimate of drug-likeness (QED) is 0.299. The number of carbonyl (C=O) groups excluding carboxylic acids is 1. The molecule has 1 amide bonds. The summed E-state index contributed by atoms with van der Waals surface area (Å²) in [5.41, 5.74) is 2.37. The van der Waals surface area contributed by atoms with Crippen molar-refractivity contribution in [3.05, 3.63) is 77.8 Å². The van der Waals surface area contributed by atoms with Gasteiger partial charge in [-0.05, 0) is 75.5 Å². The summed E-state index contributed by atoms with van der Waals surface area (Å²) in [5.74, 6) is 2.04. The molecule has 1 N–H and O–H groups in total. The number of carbonyl (C=O) groups is 1. The Bertz CT molecular complexity index is 1440. The van der Waals surface area contributed by atoms with E-state index in [1.54, 1.807) is 12.3 Å². The minimum absolute atomic E-state index is 0.0679. The maximum atomic E-state index is 12.6. The number of hydrogen-bond acceptors (Lipinski definition) is 8. The summed E-state index contributed by atoms with van der Waals surface area (Å²) in [6, 6.07) is 17.0. The van der Waals surface area contributed by atoms with Gasteiger partial charge in [-0.2, -0.15) is 0 Å². The molecular formula is C29H31ClN6O3. The van der Waals surface area contributed by atoms with E-state index in [-0.39, 0.29) is 11.9 Å². The second-order valence-corrected chi connectivity index (χ2v) is 10.1. The molecule has 1 unspecified atom stereocenters. The van der Waals surface area contributed by atoms with Crippen LogP contribution in [0.2, 0.25) is 5.02 Å². The fourth-order valence-electron chi connectivity index (χ4n) is 4.58.